The standard InChI is InChI=1S/C17H17N3O/c1-13-9-16(11-19-10-13)17(21)20-12-15-6-3-2-5-14(15)7-4-8-18/h2-3,5-6,9-11H,8,12,18H2,1H3,(H,20,21). The van der Waals surface area contributed by atoms with Crippen molar-refractivity contribution in [1.82, 2.24) is 10.3 Å². The Morgan fingerprint density at radius 1 is 1.33 bits per heavy atom. The van der Waals surface area contributed by atoms with Gasteiger partial charge in [0.2, 0.25) is 0 Å². The van der Waals surface area contributed by atoms with Gasteiger partial charge in [0.1, 0.15) is 0 Å². The largest absolute Gasteiger partial charge is 0.348 e. The lowest BCUT2D eigenvalue weighted by Gasteiger charge is -2.07. The molecule has 106 valence electrons. The van der Waals surface area contributed by atoms with Gasteiger partial charge in [0.15, 0.2) is 0 Å². The van der Waals surface area contributed by atoms with E-state index in [4.69, 9.17) is 5.73 Å². The van der Waals surface area contributed by atoms with E-state index < -0.39 is 0 Å². The molecule has 1 aromatic heterocycles. The predicted molar refractivity (Wildman–Crippen MR) is 82.5 cm³/mol. The molecule has 0 aliphatic carbocycles. The molecule has 0 saturated carbocycles. The maximum absolute atomic E-state index is 12.1. The van der Waals surface area contributed by atoms with E-state index in [1.807, 2.05) is 37.3 Å². The van der Waals surface area contributed by atoms with Crippen molar-refractivity contribution in [3.05, 3.63) is 65.0 Å². The second kappa shape index (κ2) is 7.22. The van der Waals surface area contributed by atoms with Gasteiger partial charge in [0, 0.05) is 24.5 Å². The summed E-state index contributed by atoms with van der Waals surface area (Å²) in [5.74, 6) is 5.69. The number of nitrogens with zero attached hydrogens (tertiary/aromatic N) is 1. The number of amides is 1. The fraction of sp³-hybridized carbons (Fsp3) is 0.176. The molecule has 0 aliphatic rings. The monoisotopic (exact) mass is 279 g/mol. The first kappa shape index (κ1) is 14.8. The van der Waals surface area contributed by atoms with E-state index >= 15 is 0 Å². The van der Waals surface area contributed by atoms with Gasteiger partial charge in [-0.25, -0.2) is 0 Å². The van der Waals surface area contributed by atoms with Gasteiger partial charge < -0.3 is 11.1 Å². The van der Waals surface area contributed by atoms with Gasteiger partial charge in [0.05, 0.1) is 12.1 Å². The van der Waals surface area contributed by atoms with E-state index in [0.29, 0.717) is 18.7 Å². The molecule has 0 radical (unpaired) electrons. The molecule has 1 aromatic carbocycles. The van der Waals surface area contributed by atoms with Gasteiger partial charge in [-0.2, -0.15) is 0 Å². The molecule has 1 heterocycles. The Labute approximate surface area is 124 Å². The molecule has 3 N–H and O–H groups in total. The Bertz CT molecular complexity index is 698. The molecule has 4 nitrogen and oxygen atoms in total. The Morgan fingerprint density at radius 3 is 2.90 bits per heavy atom. The highest BCUT2D eigenvalue weighted by Crippen LogP contribution is 2.08. The third kappa shape index (κ3) is 4.16. The van der Waals surface area contributed by atoms with Crippen molar-refractivity contribution < 1.29 is 4.79 Å². The highest BCUT2D eigenvalue weighted by atomic mass is 16.1. The van der Waals surface area contributed by atoms with Crippen LogP contribution in [0.5, 0.6) is 0 Å². The van der Waals surface area contributed by atoms with Crippen LogP contribution in [0.15, 0.2) is 42.7 Å². The van der Waals surface area contributed by atoms with Crippen LogP contribution in [0.25, 0.3) is 0 Å². The molecule has 1 amide bonds. The summed E-state index contributed by atoms with van der Waals surface area (Å²) in [4.78, 5) is 16.1. The molecule has 2 aromatic rings. The van der Waals surface area contributed by atoms with Crippen LogP contribution in [0.3, 0.4) is 0 Å². The zero-order valence-corrected chi connectivity index (χ0v) is 11.9. The summed E-state index contributed by atoms with van der Waals surface area (Å²) in [6.07, 6.45) is 3.27. The van der Waals surface area contributed by atoms with E-state index in [1.54, 1.807) is 12.4 Å². The first-order chi connectivity index (χ1) is 10.2. The van der Waals surface area contributed by atoms with Crippen LogP contribution >= 0.6 is 0 Å². The predicted octanol–water partition coefficient (Wildman–Crippen LogP) is 1.63. The summed E-state index contributed by atoms with van der Waals surface area (Å²) < 4.78 is 0. The number of aryl methyl sites for hydroxylation is 1. The minimum atomic E-state index is -0.146. The molecule has 0 bridgehead atoms. The smallest absolute Gasteiger partial charge is 0.253 e. The second-order valence-corrected chi connectivity index (χ2v) is 4.60. The van der Waals surface area contributed by atoms with Crippen molar-refractivity contribution >= 4 is 5.91 Å². The van der Waals surface area contributed by atoms with E-state index in [-0.39, 0.29) is 5.91 Å². The number of rotatable bonds is 3. The maximum atomic E-state index is 12.1. The van der Waals surface area contributed by atoms with Gasteiger partial charge in [-0.05, 0) is 30.2 Å². The zero-order chi connectivity index (χ0) is 15.1. The summed E-state index contributed by atoms with van der Waals surface area (Å²) in [7, 11) is 0. The lowest BCUT2D eigenvalue weighted by atomic mass is 10.1. The highest BCUT2D eigenvalue weighted by Gasteiger charge is 2.07. The lowest BCUT2D eigenvalue weighted by Crippen LogP contribution is -2.23. The van der Waals surface area contributed by atoms with Crippen LogP contribution in [0.4, 0.5) is 0 Å². The molecule has 0 spiro atoms. The minimum absolute atomic E-state index is 0.146. The van der Waals surface area contributed by atoms with Gasteiger partial charge >= 0.3 is 0 Å². The summed E-state index contributed by atoms with van der Waals surface area (Å²) >= 11 is 0. The van der Waals surface area contributed by atoms with Crippen molar-refractivity contribution in [2.75, 3.05) is 6.54 Å². The van der Waals surface area contributed by atoms with Crippen LogP contribution in [0.1, 0.15) is 27.0 Å². The number of nitrogens with two attached hydrogens (primary N) is 1. The number of hydrogen-bond acceptors (Lipinski definition) is 3. The number of aromatic nitrogens is 1. The van der Waals surface area contributed by atoms with Crippen molar-refractivity contribution in [3.63, 3.8) is 0 Å². The summed E-state index contributed by atoms with van der Waals surface area (Å²) in [5, 5.41) is 2.88. The molecule has 0 fully saturated rings. The lowest BCUT2D eigenvalue weighted by molar-refractivity contribution is 0.0950. The number of hydrogen-bond donors (Lipinski definition) is 2. The van der Waals surface area contributed by atoms with Gasteiger partial charge in [-0.15, -0.1) is 0 Å². The number of benzene rings is 1. The highest BCUT2D eigenvalue weighted by molar-refractivity contribution is 5.93. The summed E-state index contributed by atoms with van der Waals surface area (Å²) in [6.45, 7) is 2.64. The Morgan fingerprint density at radius 2 is 2.14 bits per heavy atom. The normalized spacial score (nSPS) is 9.62. The Hall–Kier alpha value is -2.64. The molecule has 4 heteroatoms. The summed E-state index contributed by atoms with van der Waals surface area (Å²) in [6, 6.07) is 9.50. The molecule has 2 rings (SSSR count). The van der Waals surface area contributed by atoms with E-state index in [2.05, 4.69) is 22.1 Å². The fourth-order valence-electron chi connectivity index (χ4n) is 1.90. The SMILES string of the molecule is Cc1cncc(C(=O)NCc2ccccc2C#CCN)c1. The molecular weight excluding hydrogens is 262 g/mol. The van der Waals surface area contributed by atoms with Gasteiger partial charge in [-0.3, -0.25) is 9.78 Å². The fourth-order valence-corrected chi connectivity index (χ4v) is 1.90. The van der Waals surface area contributed by atoms with E-state index in [0.717, 1.165) is 16.7 Å². The average molecular weight is 279 g/mol. The van der Waals surface area contributed by atoms with E-state index in [1.165, 1.54) is 0 Å². The summed E-state index contributed by atoms with van der Waals surface area (Å²) in [5.41, 5.74) is 8.75. The van der Waals surface area contributed by atoms with Gasteiger partial charge in [-0.1, -0.05) is 30.0 Å². The number of carbonyl (C=O) groups is 1. The van der Waals surface area contributed by atoms with Gasteiger partial charge in [0.25, 0.3) is 5.91 Å². The Kier molecular flexibility index (Phi) is 5.08. The number of carbonyl (C=O) groups excluding carboxylic acids is 1. The minimum Gasteiger partial charge on any atom is -0.348 e. The van der Waals surface area contributed by atoms with Crippen molar-refractivity contribution in [3.8, 4) is 11.8 Å². The third-order valence-electron chi connectivity index (χ3n) is 2.92. The molecule has 0 atom stereocenters. The second-order valence-electron chi connectivity index (χ2n) is 4.60. The zero-order valence-electron chi connectivity index (χ0n) is 11.9. The van der Waals surface area contributed by atoms with Crippen molar-refractivity contribution in [2.45, 2.75) is 13.5 Å². The molecule has 0 unspecified atom stereocenters. The van der Waals surface area contributed by atoms with Crippen molar-refractivity contribution in [2.24, 2.45) is 5.73 Å². The topological polar surface area (TPSA) is 68.0 Å². The number of nitrogens with one attached hydrogen (secondary N) is 1. The first-order valence-electron chi connectivity index (χ1n) is 6.67. The van der Waals surface area contributed by atoms with Crippen molar-refractivity contribution in [1.29, 1.82) is 0 Å². The molecular formula is C17H17N3O. The van der Waals surface area contributed by atoms with Crippen LogP contribution in [-0.4, -0.2) is 17.4 Å². The molecule has 21 heavy (non-hydrogen) atoms. The maximum Gasteiger partial charge on any atom is 0.253 e. The first-order valence-corrected chi connectivity index (χ1v) is 6.67. The van der Waals surface area contributed by atoms with E-state index in [9.17, 15) is 4.79 Å². The van der Waals surface area contributed by atoms with Crippen LogP contribution in [0.2, 0.25) is 0 Å². The average Bonchev–Trinajstić information content (AvgIpc) is 2.51. The third-order valence-corrected chi connectivity index (χ3v) is 2.92. The molecule has 0 saturated heterocycles. The van der Waals surface area contributed by atoms with Crippen LogP contribution in [0, 0.1) is 18.8 Å². The van der Waals surface area contributed by atoms with Crippen LogP contribution < -0.4 is 11.1 Å². The van der Waals surface area contributed by atoms with Crippen LogP contribution in [-0.2, 0) is 6.54 Å². The Balaban J connectivity index is 2.08. The molecule has 0 aliphatic heterocycles. The quantitative estimate of drug-likeness (QED) is 0.839. The number of pyridine rings is 1.